The Kier molecular flexibility index (Phi) is 16.7. The minimum atomic E-state index is -4.52. The first kappa shape index (κ1) is 25.8. The maximum absolute atomic E-state index is 10.5. The molecule has 0 aromatic rings. The molecule has 0 aliphatic heterocycles. The Morgan fingerprint density at radius 2 is 1.31 bits per heavy atom. The van der Waals surface area contributed by atoms with Crippen molar-refractivity contribution in [2.45, 2.75) is 97.6 Å². The third kappa shape index (κ3) is 20.1. The first-order valence-corrected chi connectivity index (χ1v) is 11.2. The summed E-state index contributed by atoms with van der Waals surface area (Å²) in [6.45, 7) is 6.74. The maximum Gasteiger partial charge on any atom is 0.399 e. The largest absolute Gasteiger partial charge is 0.399 e. The van der Waals surface area contributed by atoms with Crippen LogP contribution in [0.2, 0.25) is 0 Å². The van der Waals surface area contributed by atoms with E-state index in [1.807, 2.05) is 0 Å². The van der Waals surface area contributed by atoms with Crippen LogP contribution in [0.3, 0.4) is 0 Å². The van der Waals surface area contributed by atoms with E-state index in [4.69, 9.17) is 18.8 Å². The molecule has 26 heavy (non-hydrogen) atoms. The summed E-state index contributed by atoms with van der Waals surface area (Å²) in [4.78, 5) is 0. The SMILES string of the molecule is CCCCCCCCCCCCOCCOC(C)OC(C)OS(=O)(=O)O. The molecule has 0 saturated heterocycles. The standard InChI is InChI=1S/C18H38O7S/c1-4-5-6-7-8-9-10-11-12-13-14-22-15-16-23-17(2)24-18(3)25-26(19,20)21/h17-18H,4-16H2,1-3H3,(H,19,20,21). The summed E-state index contributed by atoms with van der Waals surface area (Å²) in [7, 11) is -4.52. The second-order valence-electron chi connectivity index (χ2n) is 6.46. The van der Waals surface area contributed by atoms with Crippen molar-refractivity contribution >= 4 is 10.4 Å². The smallest absolute Gasteiger partial charge is 0.379 e. The Hall–Kier alpha value is -0.250. The van der Waals surface area contributed by atoms with Gasteiger partial charge >= 0.3 is 10.4 Å². The molecule has 0 aliphatic carbocycles. The lowest BCUT2D eigenvalue weighted by atomic mass is 10.1. The summed E-state index contributed by atoms with van der Waals surface area (Å²) in [5.41, 5.74) is 0. The predicted octanol–water partition coefficient (Wildman–Crippen LogP) is 4.47. The Morgan fingerprint density at radius 1 is 0.769 bits per heavy atom. The molecule has 0 heterocycles. The van der Waals surface area contributed by atoms with E-state index in [2.05, 4.69) is 11.1 Å². The predicted molar refractivity (Wildman–Crippen MR) is 101 cm³/mol. The van der Waals surface area contributed by atoms with E-state index in [1.165, 1.54) is 64.7 Å². The maximum atomic E-state index is 10.5. The van der Waals surface area contributed by atoms with Gasteiger partial charge in [-0.1, -0.05) is 64.7 Å². The molecule has 0 aromatic carbocycles. The minimum absolute atomic E-state index is 0.345. The van der Waals surface area contributed by atoms with Crippen LogP contribution < -0.4 is 0 Å². The molecule has 0 saturated carbocycles. The zero-order chi connectivity index (χ0) is 19.7. The van der Waals surface area contributed by atoms with E-state index in [1.54, 1.807) is 6.92 Å². The summed E-state index contributed by atoms with van der Waals surface area (Å²) < 4.78 is 49.7. The molecule has 0 spiro atoms. The highest BCUT2D eigenvalue weighted by Gasteiger charge is 2.15. The second kappa shape index (κ2) is 16.9. The van der Waals surface area contributed by atoms with E-state index in [0.717, 1.165) is 13.0 Å². The molecule has 0 aromatic heterocycles. The Balaban J connectivity index is 3.30. The Bertz CT molecular complexity index is 400. The van der Waals surface area contributed by atoms with Crippen LogP contribution in [0, 0.1) is 0 Å². The molecular formula is C18H38O7S. The number of unbranched alkanes of at least 4 members (excludes halogenated alkanes) is 9. The number of ether oxygens (including phenoxy) is 3. The van der Waals surface area contributed by atoms with Crippen molar-refractivity contribution in [3.63, 3.8) is 0 Å². The van der Waals surface area contributed by atoms with Crippen LogP contribution >= 0.6 is 0 Å². The van der Waals surface area contributed by atoms with Crippen molar-refractivity contribution in [3.8, 4) is 0 Å². The average molecular weight is 399 g/mol. The fourth-order valence-corrected chi connectivity index (χ4v) is 2.96. The van der Waals surface area contributed by atoms with Crippen molar-refractivity contribution in [3.05, 3.63) is 0 Å². The lowest BCUT2D eigenvalue weighted by Gasteiger charge is -2.18. The van der Waals surface area contributed by atoms with E-state index < -0.39 is 23.0 Å². The fraction of sp³-hybridized carbons (Fsp3) is 1.00. The van der Waals surface area contributed by atoms with Crippen LogP contribution in [0.15, 0.2) is 0 Å². The molecule has 0 aliphatic rings. The van der Waals surface area contributed by atoms with Gasteiger partial charge in [-0.3, -0.25) is 4.55 Å². The van der Waals surface area contributed by atoms with E-state index in [9.17, 15) is 8.42 Å². The number of hydrogen-bond donors (Lipinski definition) is 1. The van der Waals surface area contributed by atoms with Crippen molar-refractivity contribution in [2.75, 3.05) is 19.8 Å². The van der Waals surface area contributed by atoms with Crippen molar-refractivity contribution in [2.24, 2.45) is 0 Å². The van der Waals surface area contributed by atoms with Gasteiger partial charge in [-0.05, 0) is 20.3 Å². The third-order valence-corrected chi connectivity index (χ3v) is 4.38. The monoisotopic (exact) mass is 398 g/mol. The second-order valence-corrected chi connectivity index (χ2v) is 7.51. The molecule has 7 nitrogen and oxygen atoms in total. The van der Waals surface area contributed by atoms with Gasteiger partial charge in [-0.25, -0.2) is 4.18 Å². The molecule has 0 rings (SSSR count). The molecule has 0 bridgehead atoms. The Morgan fingerprint density at radius 3 is 1.85 bits per heavy atom. The molecule has 2 atom stereocenters. The summed E-state index contributed by atoms with van der Waals surface area (Å²) in [5.74, 6) is 0. The summed E-state index contributed by atoms with van der Waals surface area (Å²) >= 11 is 0. The third-order valence-electron chi connectivity index (χ3n) is 3.86. The van der Waals surface area contributed by atoms with Crippen LogP contribution in [0.25, 0.3) is 0 Å². The van der Waals surface area contributed by atoms with Crippen LogP contribution in [0.5, 0.6) is 0 Å². The molecule has 0 radical (unpaired) electrons. The lowest BCUT2D eigenvalue weighted by Crippen LogP contribution is -2.25. The minimum Gasteiger partial charge on any atom is -0.379 e. The van der Waals surface area contributed by atoms with Crippen molar-refractivity contribution in [1.29, 1.82) is 0 Å². The van der Waals surface area contributed by atoms with Gasteiger partial charge in [0.05, 0.1) is 13.2 Å². The van der Waals surface area contributed by atoms with E-state index >= 15 is 0 Å². The number of hydrogen-bond acceptors (Lipinski definition) is 6. The summed E-state index contributed by atoms with van der Waals surface area (Å²) in [5, 5.41) is 0. The summed E-state index contributed by atoms with van der Waals surface area (Å²) in [6, 6.07) is 0. The van der Waals surface area contributed by atoms with Gasteiger partial charge in [0, 0.05) is 6.61 Å². The highest BCUT2D eigenvalue weighted by Crippen LogP contribution is 2.10. The van der Waals surface area contributed by atoms with Gasteiger partial charge in [0.2, 0.25) is 0 Å². The lowest BCUT2D eigenvalue weighted by molar-refractivity contribution is -0.207. The van der Waals surface area contributed by atoms with Gasteiger partial charge < -0.3 is 14.2 Å². The molecular weight excluding hydrogens is 360 g/mol. The molecule has 0 fully saturated rings. The zero-order valence-electron chi connectivity index (χ0n) is 16.7. The van der Waals surface area contributed by atoms with E-state index in [-0.39, 0.29) is 0 Å². The molecule has 158 valence electrons. The van der Waals surface area contributed by atoms with E-state index in [0.29, 0.717) is 13.2 Å². The van der Waals surface area contributed by atoms with Gasteiger partial charge in [-0.15, -0.1) is 0 Å². The highest BCUT2D eigenvalue weighted by molar-refractivity contribution is 7.80. The first-order chi connectivity index (χ1) is 12.3. The van der Waals surface area contributed by atoms with Gasteiger partial charge in [0.1, 0.15) is 0 Å². The molecule has 2 unspecified atom stereocenters. The molecule has 0 amide bonds. The van der Waals surface area contributed by atoms with Crippen molar-refractivity contribution in [1.82, 2.24) is 0 Å². The number of rotatable bonds is 19. The fourth-order valence-electron chi connectivity index (χ4n) is 2.57. The molecule has 8 heteroatoms. The van der Waals surface area contributed by atoms with Gasteiger partial charge in [0.15, 0.2) is 12.6 Å². The van der Waals surface area contributed by atoms with Gasteiger partial charge in [-0.2, -0.15) is 8.42 Å². The van der Waals surface area contributed by atoms with Crippen LogP contribution in [0.1, 0.15) is 85.0 Å². The normalized spacial score (nSPS) is 14.5. The van der Waals surface area contributed by atoms with Gasteiger partial charge in [0.25, 0.3) is 0 Å². The van der Waals surface area contributed by atoms with Crippen LogP contribution in [-0.4, -0.2) is 45.4 Å². The highest BCUT2D eigenvalue weighted by atomic mass is 32.3. The first-order valence-electron chi connectivity index (χ1n) is 9.85. The topological polar surface area (TPSA) is 91.3 Å². The average Bonchev–Trinajstić information content (AvgIpc) is 2.53. The van der Waals surface area contributed by atoms with Crippen molar-refractivity contribution < 1.29 is 31.4 Å². The van der Waals surface area contributed by atoms with Crippen LogP contribution in [-0.2, 0) is 28.8 Å². The summed E-state index contributed by atoms with van der Waals surface area (Å²) in [6.07, 6.45) is 11.2. The molecule has 1 N–H and O–H groups in total. The van der Waals surface area contributed by atoms with Crippen LogP contribution in [0.4, 0.5) is 0 Å². The zero-order valence-corrected chi connectivity index (χ0v) is 17.5. The quantitative estimate of drug-likeness (QED) is 0.195. The Labute approximate surface area is 159 Å².